The largest absolute Gasteiger partial charge is 0.183 e. The van der Waals surface area contributed by atoms with Crippen molar-refractivity contribution in [2.75, 3.05) is 0 Å². The van der Waals surface area contributed by atoms with Crippen molar-refractivity contribution < 1.29 is 0 Å². The summed E-state index contributed by atoms with van der Waals surface area (Å²) in [4.78, 5) is 0. The summed E-state index contributed by atoms with van der Waals surface area (Å²) in [6.45, 7) is 12.9. The fourth-order valence-corrected chi connectivity index (χ4v) is 1.50. The maximum atomic E-state index is 4.26. The van der Waals surface area contributed by atoms with Crippen molar-refractivity contribution in [3.63, 3.8) is 0 Å². The molecule has 0 saturated heterocycles. The van der Waals surface area contributed by atoms with Gasteiger partial charge in [-0.15, -0.1) is 0 Å². The van der Waals surface area contributed by atoms with E-state index in [0.29, 0.717) is 5.41 Å². The Morgan fingerprint density at radius 2 is 1.41 bits per heavy atom. The summed E-state index contributed by atoms with van der Waals surface area (Å²) in [5.41, 5.74) is 2.50. The minimum Gasteiger partial charge on any atom is -0.183 e. The topological polar surface area (TPSA) is 24.7 Å². The van der Waals surface area contributed by atoms with Crippen LogP contribution in [0.4, 0.5) is 5.69 Å². The van der Waals surface area contributed by atoms with E-state index in [1.165, 1.54) is 5.56 Å². The van der Waals surface area contributed by atoms with E-state index in [4.69, 9.17) is 0 Å². The van der Waals surface area contributed by atoms with Crippen LogP contribution in [-0.4, -0.2) is 5.54 Å². The van der Waals surface area contributed by atoms with Crippen LogP contribution >= 0.6 is 0 Å². The number of rotatable bonds is 2. The van der Waals surface area contributed by atoms with Gasteiger partial charge in [0.15, 0.2) is 0 Å². The lowest BCUT2D eigenvalue weighted by Gasteiger charge is -2.17. The second-order valence-electron chi connectivity index (χ2n) is 6.77. The van der Waals surface area contributed by atoms with E-state index < -0.39 is 0 Å². The van der Waals surface area contributed by atoms with Crippen LogP contribution in [0.1, 0.15) is 47.1 Å². The lowest BCUT2D eigenvalue weighted by molar-refractivity contribution is 0.411. The molecule has 0 atom stereocenters. The Morgan fingerprint density at radius 1 is 0.882 bits per heavy atom. The Kier molecular flexibility index (Phi) is 4.07. The number of hydrogen-bond donors (Lipinski definition) is 0. The first-order valence-electron chi connectivity index (χ1n) is 6.18. The fraction of sp³-hybridized carbons (Fsp3) is 0.600. The summed E-state index contributed by atoms with van der Waals surface area (Å²) in [5.74, 6) is 0. The molecule has 0 aliphatic carbocycles. The van der Waals surface area contributed by atoms with Gasteiger partial charge in [0, 0.05) is 0 Å². The molecular formula is C15H24N2. The molecule has 0 aliphatic heterocycles. The van der Waals surface area contributed by atoms with Crippen LogP contribution in [0.15, 0.2) is 34.5 Å². The molecule has 17 heavy (non-hydrogen) atoms. The molecule has 94 valence electrons. The van der Waals surface area contributed by atoms with Gasteiger partial charge in [0.1, 0.15) is 0 Å². The zero-order valence-electron chi connectivity index (χ0n) is 11.9. The first-order chi connectivity index (χ1) is 7.66. The van der Waals surface area contributed by atoms with Crippen molar-refractivity contribution in [3.05, 3.63) is 29.8 Å². The predicted octanol–water partition coefficient (Wildman–Crippen LogP) is 5.16. The van der Waals surface area contributed by atoms with Crippen LogP contribution in [-0.2, 0) is 6.42 Å². The van der Waals surface area contributed by atoms with Crippen molar-refractivity contribution in [3.8, 4) is 0 Å². The Balaban J connectivity index is 2.72. The van der Waals surface area contributed by atoms with E-state index in [1.54, 1.807) is 0 Å². The second kappa shape index (κ2) is 4.99. The van der Waals surface area contributed by atoms with E-state index in [9.17, 15) is 0 Å². The Morgan fingerprint density at radius 3 is 1.82 bits per heavy atom. The van der Waals surface area contributed by atoms with Crippen molar-refractivity contribution >= 4 is 5.69 Å². The monoisotopic (exact) mass is 232 g/mol. The molecule has 0 aromatic heterocycles. The van der Waals surface area contributed by atoms with Crippen LogP contribution in [0.3, 0.4) is 0 Å². The first kappa shape index (κ1) is 13.9. The summed E-state index contributed by atoms with van der Waals surface area (Å²) in [7, 11) is 0. The normalized spacial score (nSPS) is 13.3. The highest BCUT2D eigenvalue weighted by Gasteiger charge is 2.11. The minimum absolute atomic E-state index is 0.107. The molecule has 0 bridgehead atoms. The Labute approximate surface area is 105 Å². The van der Waals surface area contributed by atoms with E-state index in [2.05, 4.69) is 43.1 Å². The van der Waals surface area contributed by atoms with Gasteiger partial charge in [-0.25, -0.2) is 0 Å². The average Bonchev–Trinajstić information content (AvgIpc) is 2.13. The number of nitrogens with zero attached hydrogens (tertiary/aromatic N) is 2. The van der Waals surface area contributed by atoms with Crippen molar-refractivity contribution in [2.24, 2.45) is 15.6 Å². The summed E-state index contributed by atoms with van der Waals surface area (Å²) >= 11 is 0. The number of hydrogen-bond acceptors (Lipinski definition) is 2. The van der Waals surface area contributed by atoms with Crippen LogP contribution < -0.4 is 0 Å². The molecule has 1 aromatic carbocycles. The maximum absolute atomic E-state index is 4.26. The molecule has 0 aliphatic rings. The molecule has 1 aromatic rings. The first-order valence-corrected chi connectivity index (χ1v) is 6.18. The fourth-order valence-electron chi connectivity index (χ4n) is 1.50. The summed E-state index contributed by atoms with van der Waals surface area (Å²) in [6, 6.07) is 8.36. The van der Waals surface area contributed by atoms with Crippen molar-refractivity contribution in [1.29, 1.82) is 0 Å². The molecule has 0 radical (unpaired) electrons. The lowest BCUT2D eigenvalue weighted by Crippen LogP contribution is -2.08. The highest BCUT2D eigenvalue weighted by molar-refractivity contribution is 5.38. The standard InChI is InChI=1S/C15H24N2/c1-14(2,3)11-12-7-9-13(10-8-12)16-17-15(4,5)6/h7-10H,11H2,1-6H3/b17-16+. The summed E-state index contributed by atoms with van der Waals surface area (Å²) in [6.07, 6.45) is 1.09. The zero-order valence-corrected chi connectivity index (χ0v) is 11.9. The van der Waals surface area contributed by atoms with Gasteiger partial charge in [0.2, 0.25) is 0 Å². The Bertz CT molecular complexity index is 375. The second-order valence-corrected chi connectivity index (χ2v) is 6.77. The molecule has 0 spiro atoms. The minimum atomic E-state index is -0.107. The average molecular weight is 232 g/mol. The molecule has 0 fully saturated rings. The smallest absolute Gasteiger partial charge is 0.0852 e. The summed E-state index contributed by atoms with van der Waals surface area (Å²) in [5, 5.41) is 8.50. The third kappa shape index (κ3) is 6.20. The Hall–Kier alpha value is -1.18. The van der Waals surface area contributed by atoms with Gasteiger partial charge in [-0.1, -0.05) is 32.9 Å². The van der Waals surface area contributed by atoms with Crippen molar-refractivity contribution in [1.82, 2.24) is 0 Å². The highest BCUT2D eigenvalue weighted by Crippen LogP contribution is 2.23. The molecule has 2 nitrogen and oxygen atoms in total. The van der Waals surface area contributed by atoms with E-state index in [1.807, 2.05) is 32.9 Å². The lowest BCUT2D eigenvalue weighted by atomic mass is 9.88. The molecular weight excluding hydrogens is 208 g/mol. The summed E-state index contributed by atoms with van der Waals surface area (Å²) < 4.78 is 0. The van der Waals surface area contributed by atoms with Crippen LogP contribution in [0, 0.1) is 5.41 Å². The van der Waals surface area contributed by atoms with Crippen LogP contribution in [0.2, 0.25) is 0 Å². The third-order valence-corrected chi connectivity index (χ3v) is 2.14. The van der Waals surface area contributed by atoms with Crippen molar-refractivity contribution in [2.45, 2.75) is 53.5 Å². The van der Waals surface area contributed by atoms with E-state index in [0.717, 1.165) is 12.1 Å². The quantitative estimate of drug-likeness (QED) is 0.629. The zero-order chi connectivity index (χ0) is 13.1. The third-order valence-electron chi connectivity index (χ3n) is 2.14. The van der Waals surface area contributed by atoms with Gasteiger partial charge >= 0.3 is 0 Å². The molecule has 0 N–H and O–H groups in total. The van der Waals surface area contributed by atoms with Gasteiger partial charge in [-0.05, 0) is 50.3 Å². The molecule has 2 heteroatoms. The predicted molar refractivity (Wildman–Crippen MR) is 73.9 cm³/mol. The SMILES string of the molecule is CC(C)(C)Cc1ccc(/N=N/C(C)(C)C)cc1. The molecule has 0 unspecified atom stereocenters. The van der Waals surface area contributed by atoms with Crippen LogP contribution in [0.25, 0.3) is 0 Å². The van der Waals surface area contributed by atoms with Crippen LogP contribution in [0.5, 0.6) is 0 Å². The maximum Gasteiger partial charge on any atom is 0.0852 e. The van der Waals surface area contributed by atoms with Gasteiger partial charge in [0.25, 0.3) is 0 Å². The van der Waals surface area contributed by atoms with E-state index >= 15 is 0 Å². The molecule has 1 rings (SSSR count). The number of benzene rings is 1. The van der Waals surface area contributed by atoms with Gasteiger partial charge in [0.05, 0.1) is 11.2 Å². The molecule has 0 heterocycles. The number of azo groups is 1. The van der Waals surface area contributed by atoms with E-state index in [-0.39, 0.29) is 5.54 Å². The molecule has 0 amide bonds. The van der Waals surface area contributed by atoms with Gasteiger partial charge in [-0.3, -0.25) is 0 Å². The van der Waals surface area contributed by atoms with Gasteiger partial charge < -0.3 is 0 Å². The highest BCUT2D eigenvalue weighted by atomic mass is 15.1. The van der Waals surface area contributed by atoms with Gasteiger partial charge in [-0.2, -0.15) is 10.2 Å². The molecule has 0 saturated carbocycles.